The number of rotatable bonds is 3. The van der Waals surface area contributed by atoms with E-state index in [1.54, 1.807) is 11.6 Å². The van der Waals surface area contributed by atoms with Gasteiger partial charge in [-0.1, -0.05) is 0 Å². The van der Waals surface area contributed by atoms with Crippen LogP contribution in [0.25, 0.3) is 0 Å². The van der Waals surface area contributed by atoms with Gasteiger partial charge in [-0.05, 0) is 18.9 Å². The number of piperidine rings is 1. The smallest absolute Gasteiger partial charge is 0.388 e. The fourth-order valence-electron chi connectivity index (χ4n) is 3.06. The monoisotopic (exact) mass is 357 g/mol. The first-order chi connectivity index (χ1) is 11.7. The van der Waals surface area contributed by atoms with Crippen molar-refractivity contribution in [2.24, 2.45) is 7.05 Å². The first-order valence-electron chi connectivity index (χ1n) is 7.78. The minimum absolute atomic E-state index is 0.0330. The van der Waals surface area contributed by atoms with Crippen LogP contribution in [0.3, 0.4) is 0 Å². The highest BCUT2D eigenvalue weighted by atomic mass is 19.4. The number of alkyl halides is 3. The third-order valence-corrected chi connectivity index (χ3v) is 4.37. The molecule has 10 heteroatoms. The number of carbonyl (C=O) groups excluding carboxylic acids is 1. The lowest BCUT2D eigenvalue weighted by atomic mass is 9.89. The third kappa shape index (κ3) is 3.68. The van der Waals surface area contributed by atoms with Crippen LogP contribution in [0.1, 0.15) is 34.7 Å². The zero-order valence-electron chi connectivity index (χ0n) is 13.5. The zero-order chi connectivity index (χ0) is 18.2. The molecule has 1 saturated heterocycles. The van der Waals surface area contributed by atoms with E-state index in [2.05, 4.69) is 15.2 Å². The quantitative estimate of drug-likeness (QED) is 0.869. The third-order valence-electron chi connectivity index (χ3n) is 4.37. The molecule has 0 saturated carbocycles. The van der Waals surface area contributed by atoms with E-state index in [0.29, 0.717) is 25.2 Å². The van der Waals surface area contributed by atoms with Crippen molar-refractivity contribution in [2.45, 2.75) is 31.0 Å². The summed E-state index contributed by atoms with van der Waals surface area (Å²) in [6.45, 7) is 0.414. The summed E-state index contributed by atoms with van der Waals surface area (Å²) in [5.74, 6) is 0.0423. The molecule has 0 spiro atoms. The summed E-state index contributed by atoms with van der Waals surface area (Å²) < 4.78 is 39.7. The molecule has 3 heterocycles. The van der Waals surface area contributed by atoms with E-state index >= 15 is 0 Å². The molecule has 3 rings (SSSR count). The number of aromatic nitrogens is 4. The minimum atomic E-state index is -4.54. The topological polar surface area (TPSA) is 87.0 Å². The summed E-state index contributed by atoms with van der Waals surface area (Å²) in [7, 11) is 1.75. The largest absolute Gasteiger partial charge is 0.431 e. The Bertz CT molecular complexity index is 769. The Morgan fingerprint density at radius 1 is 1.48 bits per heavy atom. The number of aromatic amines is 1. The molecular weight excluding hydrogens is 339 g/mol. The Balaban J connectivity index is 1.73. The van der Waals surface area contributed by atoms with Gasteiger partial charge in [0.15, 0.2) is 0 Å². The molecule has 2 aromatic heterocycles. The van der Waals surface area contributed by atoms with Crippen LogP contribution < -0.4 is 0 Å². The molecule has 2 N–H and O–H groups in total. The van der Waals surface area contributed by atoms with E-state index in [1.807, 2.05) is 0 Å². The molecule has 1 aliphatic heterocycles. The number of aryl methyl sites for hydroxylation is 1. The number of aliphatic hydroxyl groups is 1. The van der Waals surface area contributed by atoms with Gasteiger partial charge in [-0.2, -0.15) is 13.2 Å². The van der Waals surface area contributed by atoms with Crippen LogP contribution in [-0.2, 0) is 19.6 Å². The van der Waals surface area contributed by atoms with Gasteiger partial charge in [0.1, 0.15) is 17.8 Å². The van der Waals surface area contributed by atoms with E-state index in [-0.39, 0.29) is 18.5 Å². The second-order valence-corrected chi connectivity index (χ2v) is 6.39. The lowest BCUT2D eigenvalue weighted by Gasteiger charge is -2.39. The second kappa shape index (κ2) is 6.17. The summed E-state index contributed by atoms with van der Waals surface area (Å²) >= 11 is 0. The number of carbonyl (C=O) groups is 1. The van der Waals surface area contributed by atoms with Crippen molar-refractivity contribution in [3.05, 3.63) is 35.7 Å². The van der Waals surface area contributed by atoms with Gasteiger partial charge in [0.05, 0.1) is 17.7 Å². The highest BCUT2D eigenvalue weighted by Gasteiger charge is 2.38. The maximum atomic E-state index is 12.7. The van der Waals surface area contributed by atoms with Gasteiger partial charge in [0, 0.05) is 26.2 Å². The number of H-pyrrole nitrogens is 1. The van der Waals surface area contributed by atoms with Crippen molar-refractivity contribution < 1.29 is 23.1 Å². The maximum Gasteiger partial charge on any atom is 0.431 e. The van der Waals surface area contributed by atoms with E-state index in [0.717, 1.165) is 12.3 Å². The Morgan fingerprint density at radius 2 is 2.24 bits per heavy atom. The molecule has 0 aromatic carbocycles. The van der Waals surface area contributed by atoms with Gasteiger partial charge in [-0.3, -0.25) is 4.79 Å². The Hall–Kier alpha value is -2.36. The van der Waals surface area contributed by atoms with Crippen molar-refractivity contribution in [1.82, 2.24) is 24.6 Å². The normalized spacial score (nSPS) is 21.6. The minimum Gasteiger partial charge on any atom is -0.388 e. The molecule has 7 nitrogen and oxygen atoms in total. The van der Waals surface area contributed by atoms with Gasteiger partial charge < -0.3 is 19.6 Å². The van der Waals surface area contributed by atoms with Crippen molar-refractivity contribution in [3.8, 4) is 0 Å². The SMILES string of the molecule is Cn1cnnc1CC1(O)CCCN(C(=O)c2c[nH]c(C(F)(F)F)c2)C1. The summed E-state index contributed by atoms with van der Waals surface area (Å²) in [5, 5.41) is 18.5. The Kier molecular flexibility index (Phi) is 4.31. The highest BCUT2D eigenvalue weighted by molar-refractivity contribution is 5.94. The number of β-amino-alcohol motifs (C(OH)–C–C–N with tert-alkyl or cyclic N) is 1. The number of nitrogens with one attached hydrogen (secondary N) is 1. The van der Waals surface area contributed by atoms with E-state index in [4.69, 9.17) is 0 Å². The molecule has 0 bridgehead atoms. The molecule has 1 aliphatic rings. The van der Waals surface area contributed by atoms with Gasteiger partial charge in [0.2, 0.25) is 0 Å². The first kappa shape index (κ1) is 17.5. The van der Waals surface area contributed by atoms with Crippen molar-refractivity contribution in [2.75, 3.05) is 13.1 Å². The number of halogens is 3. The van der Waals surface area contributed by atoms with Crippen LogP contribution in [-0.4, -0.2) is 54.4 Å². The number of amides is 1. The average Bonchev–Trinajstić information content (AvgIpc) is 3.16. The van der Waals surface area contributed by atoms with Crippen molar-refractivity contribution >= 4 is 5.91 Å². The maximum absolute atomic E-state index is 12.7. The average molecular weight is 357 g/mol. The van der Waals surface area contributed by atoms with Crippen LogP contribution in [0.5, 0.6) is 0 Å². The molecule has 25 heavy (non-hydrogen) atoms. The van der Waals surface area contributed by atoms with E-state index in [9.17, 15) is 23.1 Å². The van der Waals surface area contributed by atoms with Crippen molar-refractivity contribution in [3.63, 3.8) is 0 Å². The second-order valence-electron chi connectivity index (χ2n) is 6.39. The van der Waals surface area contributed by atoms with Crippen LogP contribution in [0.15, 0.2) is 18.6 Å². The predicted molar refractivity (Wildman–Crippen MR) is 80.6 cm³/mol. The van der Waals surface area contributed by atoms with Crippen LogP contribution in [0.4, 0.5) is 13.2 Å². The number of hydrogen-bond donors (Lipinski definition) is 2. The molecule has 1 fully saturated rings. The van der Waals surface area contributed by atoms with Crippen LogP contribution >= 0.6 is 0 Å². The van der Waals surface area contributed by atoms with Crippen LogP contribution in [0, 0.1) is 0 Å². The summed E-state index contributed by atoms with van der Waals surface area (Å²) in [5.41, 5.74) is -2.23. The zero-order valence-corrected chi connectivity index (χ0v) is 13.5. The predicted octanol–water partition coefficient (Wildman–Crippen LogP) is 1.37. The number of nitrogens with zero attached hydrogens (tertiary/aromatic N) is 4. The summed E-state index contributed by atoms with van der Waals surface area (Å²) in [6.07, 6.45) is -0.730. The first-order valence-corrected chi connectivity index (χ1v) is 7.78. The summed E-state index contributed by atoms with van der Waals surface area (Å²) in [4.78, 5) is 15.9. The molecule has 1 amide bonds. The molecule has 136 valence electrons. The fraction of sp³-hybridized carbons (Fsp3) is 0.533. The van der Waals surface area contributed by atoms with Gasteiger partial charge in [0.25, 0.3) is 5.91 Å². The molecule has 2 aromatic rings. The highest BCUT2D eigenvalue weighted by Crippen LogP contribution is 2.30. The molecular formula is C15H18F3N5O2. The number of hydrogen-bond acceptors (Lipinski definition) is 4. The molecule has 1 unspecified atom stereocenters. The Morgan fingerprint density at radius 3 is 2.84 bits per heavy atom. The van der Waals surface area contributed by atoms with Gasteiger partial charge in [-0.15, -0.1) is 10.2 Å². The lowest BCUT2D eigenvalue weighted by Crippen LogP contribution is -2.51. The lowest BCUT2D eigenvalue weighted by molar-refractivity contribution is -0.140. The Labute approximate surface area is 141 Å². The molecule has 0 radical (unpaired) electrons. The van der Waals surface area contributed by atoms with Crippen LogP contribution in [0.2, 0.25) is 0 Å². The number of likely N-dealkylation sites (tertiary alicyclic amines) is 1. The van der Waals surface area contributed by atoms with Gasteiger partial charge in [-0.25, -0.2) is 0 Å². The van der Waals surface area contributed by atoms with E-state index in [1.165, 1.54) is 11.2 Å². The van der Waals surface area contributed by atoms with Crippen molar-refractivity contribution in [1.29, 1.82) is 0 Å². The standard InChI is InChI=1S/C15H18F3N5O2/c1-22-9-20-21-12(22)6-14(25)3-2-4-23(8-14)13(24)10-5-11(19-7-10)15(16,17)18/h5,7,9,19,25H,2-4,6,8H2,1H3. The molecule has 1 atom stereocenters. The van der Waals surface area contributed by atoms with E-state index < -0.39 is 23.4 Å². The van der Waals surface area contributed by atoms with Gasteiger partial charge >= 0.3 is 6.18 Å². The fourth-order valence-corrected chi connectivity index (χ4v) is 3.06. The molecule has 0 aliphatic carbocycles. The summed E-state index contributed by atoms with van der Waals surface area (Å²) in [6, 6.07) is 0.790.